The summed E-state index contributed by atoms with van der Waals surface area (Å²) in [4.78, 5) is 2.10. The third kappa shape index (κ3) is 6.06. The molecule has 0 fully saturated rings. The Morgan fingerprint density at radius 2 is 1.48 bits per heavy atom. The average molecular weight is 415 g/mol. The van der Waals surface area contributed by atoms with E-state index in [9.17, 15) is 0 Å². The van der Waals surface area contributed by atoms with Crippen LogP contribution in [0.15, 0.2) is 84.0 Å². The number of hydrogen-bond donors (Lipinski definition) is 1. The van der Waals surface area contributed by atoms with Crippen molar-refractivity contribution in [1.82, 2.24) is 4.90 Å². The summed E-state index contributed by atoms with van der Waals surface area (Å²) in [6, 6.07) is 26.9. The van der Waals surface area contributed by atoms with Gasteiger partial charge in [0.15, 0.2) is 0 Å². The highest BCUT2D eigenvalue weighted by Crippen LogP contribution is 2.35. The zero-order valence-electron chi connectivity index (χ0n) is 18.5. The molecule has 0 amide bonds. The van der Waals surface area contributed by atoms with Crippen LogP contribution in [-0.2, 0) is 0 Å². The minimum absolute atomic E-state index is 0.660. The highest BCUT2D eigenvalue weighted by molar-refractivity contribution is 5.99. The van der Waals surface area contributed by atoms with Crippen LogP contribution >= 0.6 is 0 Å². The Morgan fingerprint density at radius 1 is 0.871 bits per heavy atom. The number of hydrogen-bond acceptors (Lipinski definition) is 4. The molecule has 0 atom stereocenters. The van der Waals surface area contributed by atoms with E-state index in [0.717, 1.165) is 35.4 Å². The van der Waals surface area contributed by atoms with Crippen LogP contribution in [0.3, 0.4) is 0 Å². The monoisotopic (exact) mass is 414 g/mol. The second-order valence-electron chi connectivity index (χ2n) is 7.62. The van der Waals surface area contributed by atoms with Crippen LogP contribution in [0.1, 0.15) is 35.6 Å². The lowest BCUT2D eigenvalue weighted by Crippen LogP contribution is -2.19. The first kappa shape index (κ1) is 22.3. The van der Waals surface area contributed by atoms with Crippen molar-refractivity contribution >= 4 is 17.4 Å². The molecule has 0 heterocycles. The molecule has 0 spiro atoms. The molecule has 3 rings (SSSR count). The van der Waals surface area contributed by atoms with Gasteiger partial charge in [0.05, 0.1) is 6.21 Å². The van der Waals surface area contributed by atoms with Crippen molar-refractivity contribution in [2.24, 2.45) is 5.16 Å². The number of benzene rings is 3. The van der Waals surface area contributed by atoms with E-state index in [4.69, 9.17) is 9.94 Å². The Morgan fingerprint density at radius 3 is 2.03 bits per heavy atom. The highest BCUT2D eigenvalue weighted by atomic mass is 16.5. The topological polar surface area (TPSA) is 45.1 Å². The third-order valence-electron chi connectivity index (χ3n) is 5.13. The fourth-order valence-corrected chi connectivity index (χ4v) is 3.55. The van der Waals surface area contributed by atoms with Gasteiger partial charge in [0, 0.05) is 6.54 Å². The third-order valence-corrected chi connectivity index (χ3v) is 5.13. The summed E-state index contributed by atoms with van der Waals surface area (Å²) in [6.07, 6.45) is 2.34. The molecule has 31 heavy (non-hydrogen) atoms. The molecule has 0 unspecified atom stereocenters. The first-order valence-corrected chi connectivity index (χ1v) is 10.6. The maximum absolute atomic E-state index is 8.81. The SMILES string of the molecule is CC/C(=C(\c1ccc(/C=N\O)cc1)c1ccc(OCCN(C)C)cc1)c1ccccc1. The zero-order chi connectivity index (χ0) is 22.1. The van der Waals surface area contributed by atoms with Crippen molar-refractivity contribution in [3.63, 3.8) is 0 Å². The van der Waals surface area contributed by atoms with Gasteiger partial charge >= 0.3 is 0 Å². The molecule has 160 valence electrons. The molecular formula is C27H30N2O2. The minimum atomic E-state index is 0.660. The largest absolute Gasteiger partial charge is 0.492 e. The van der Waals surface area contributed by atoms with E-state index in [2.05, 4.69) is 65.5 Å². The quantitative estimate of drug-likeness (QED) is 0.208. The fourth-order valence-electron chi connectivity index (χ4n) is 3.55. The highest BCUT2D eigenvalue weighted by Gasteiger charge is 2.13. The predicted octanol–water partition coefficient (Wildman–Crippen LogP) is 5.80. The molecule has 0 aliphatic rings. The molecule has 0 aliphatic heterocycles. The van der Waals surface area contributed by atoms with Crippen LogP contribution in [0.25, 0.3) is 11.1 Å². The molecule has 0 radical (unpaired) electrons. The number of likely N-dealkylation sites (N-methyl/N-ethyl adjacent to an activating group) is 1. The second kappa shape index (κ2) is 11.1. The first-order valence-electron chi connectivity index (χ1n) is 10.6. The number of ether oxygens (including phenoxy) is 1. The van der Waals surface area contributed by atoms with Crippen LogP contribution < -0.4 is 4.74 Å². The predicted molar refractivity (Wildman–Crippen MR) is 129 cm³/mol. The average Bonchev–Trinajstić information content (AvgIpc) is 2.79. The van der Waals surface area contributed by atoms with Crippen LogP contribution in [0.2, 0.25) is 0 Å². The van der Waals surface area contributed by atoms with Gasteiger partial charge in [0.2, 0.25) is 0 Å². The molecule has 3 aromatic rings. The first-order chi connectivity index (χ1) is 15.1. The van der Waals surface area contributed by atoms with Gasteiger partial charge in [0.25, 0.3) is 0 Å². The minimum Gasteiger partial charge on any atom is -0.492 e. The van der Waals surface area contributed by atoms with Gasteiger partial charge in [-0.3, -0.25) is 0 Å². The maximum atomic E-state index is 8.81. The van der Waals surface area contributed by atoms with E-state index >= 15 is 0 Å². The van der Waals surface area contributed by atoms with Gasteiger partial charge in [-0.1, -0.05) is 78.8 Å². The molecule has 4 nitrogen and oxygen atoms in total. The van der Waals surface area contributed by atoms with E-state index < -0.39 is 0 Å². The number of nitrogens with zero attached hydrogens (tertiary/aromatic N) is 2. The van der Waals surface area contributed by atoms with Crippen LogP contribution in [0.5, 0.6) is 5.75 Å². The lowest BCUT2D eigenvalue weighted by atomic mass is 9.88. The van der Waals surface area contributed by atoms with Crippen LogP contribution in [0.4, 0.5) is 0 Å². The van der Waals surface area contributed by atoms with Crippen molar-refractivity contribution in [3.05, 3.63) is 101 Å². The van der Waals surface area contributed by atoms with E-state index in [1.54, 1.807) is 0 Å². The molecule has 1 N–H and O–H groups in total. The second-order valence-corrected chi connectivity index (χ2v) is 7.62. The summed E-state index contributed by atoms with van der Waals surface area (Å²) in [7, 11) is 4.08. The van der Waals surface area contributed by atoms with Crippen molar-refractivity contribution in [1.29, 1.82) is 0 Å². The summed E-state index contributed by atoms with van der Waals surface area (Å²) >= 11 is 0. The molecule has 3 aromatic carbocycles. The lowest BCUT2D eigenvalue weighted by Gasteiger charge is -2.17. The van der Waals surface area contributed by atoms with E-state index in [1.165, 1.54) is 22.9 Å². The fraction of sp³-hybridized carbons (Fsp3) is 0.222. The standard InChI is InChI=1S/C27H30N2O2/c1-4-26(22-8-6-5-7-9-22)27(23-12-10-21(11-13-23)20-28-30)24-14-16-25(17-15-24)31-19-18-29(2)3/h5-17,20,30H,4,18-19H2,1-3H3/b27-26-,28-20-. The summed E-state index contributed by atoms with van der Waals surface area (Å²) in [5.41, 5.74) is 6.81. The van der Waals surface area contributed by atoms with Crippen molar-refractivity contribution < 1.29 is 9.94 Å². The van der Waals surface area contributed by atoms with E-state index in [-0.39, 0.29) is 0 Å². The molecule has 0 aromatic heterocycles. The normalized spacial score (nSPS) is 12.3. The number of oxime groups is 1. The molecule has 0 saturated carbocycles. The van der Waals surface area contributed by atoms with Gasteiger partial charge in [0.1, 0.15) is 12.4 Å². The lowest BCUT2D eigenvalue weighted by molar-refractivity contribution is 0.261. The van der Waals surface area contributed by atoms with Gasteiger partial charge in [-0.25, -0.2) is 0 Å². The van der Waals surface area contributed by atoms with Gasteiger partial charge in [-0.05, 0) is 66.0 Å². The Bertz CT molecular complexity index is 1010. The van der Waals surface area contributed by atoms with Gasteiger partial charge in [-0.2, -0.15) is 0 Å². The molecule has 0 bridgehead atoms. The van der Waals surface area contributed by atoms with Crippen LogP contribution in [0, 0.1) is 0 Å². The zero-order valence-corrected chi connectivity index (χ0v) is 18.5. The summed E-state index contributed by atoms with van der Waals surface area (Å²) in [6.45, 7) is 3.73. The molecular weight excluding hydrogens is 384 g/mol. The van der Waals surface area contributed by atoms with Crippen LogP contribution in [-0.4, -0.2) is 43.6 Å². The summed E-state index contributed by atoms with van der Waals surface area (Å²) in [5.74, 6) is 0.872. The molecule has 0 aliphatic carbocycles. The summed E-state index contributed by atoms with van der Waals surface area (Å²) in [5, 5.41) is 11.9. The van der Waals surface area contributed by atoms with Crippen molar-refractivity contribution in [3.8, 4) is 5.75 Å². The van der Waals surface area contributed by atoms with E-state index in [1.807, 2.05) is 44.4 Å². The number of rotatable bonds is 9. The van der Waals surface area contributed by atoms with E-state index in [0.29, 0.717) is 6.61 Å². The number of allylic oxidation sites excluding steroid dienone is 1. The summed E-state index contributed by atoms with van der Waals surface area (Å²) < 4.78 is 5.88. The van der Waals surface area contributed by atoms with Gasteiger partial charge in [-0.15, -0.1) is 0 Å². The Hall–Kier alpha value is -3.37. The van der Waals surface area contributed by atoms with Gasteiger partial charge < -0.3 is 14.8 Å². The Labute approximate surface area is 185 Å². The smallest absolute Gasteiger partial charge is 0.119 e. The molecule has 4 heteroatoms. The van der Waals surface area contributed by atoms with Crippen molar-refractivity contribution in [2.75, 3.05) is 27.2 Å². The Balaban J connectivity index is 2.03. The molecule has 0 saturated heterocycles. The van der Waals surface area contributed by atoms with Crippen molar-refractivity contribution in [2.45, 2.75) is 13.3 Å². The maximum Gasteiger partial charge on any atom is 0.119 e. The Kier molecular flexibility index (Phi) is 8.02.